The third kappa shape index (κ3) is 1.88. The molecule has 64 valence electrons. The standard InChI is InChI=1S/C10H14N2/c1-4-5-6-7-12-8-11-9(2)10(12)3/h8H,6-7H2,1-3H3. The minimum Gasteiger partial charge on any atom is -0.334 e. The average Bonchev–Trinajstić information content (AvgIpc) is 2.36. The molecule has 1 heterocycles. The van der Waals surface area contributed by atoms with Crippen molar-refractivity contribution in [1.29, 1.82) is 0 Å². The zero-order valence-electron chi connectivity index (χ0n) is 7.89. The van der Waals surface area contributed by atoms with Crippen molar-refractivity contribution in [2.45, 2.75) is 33.7 Å². The molecule has 0 fully saturated rings. The van der Waals surface area contributed by atoms with Crippen LogP contribution in [0.25, 0.3) is 0 Å². The lowest BCUT2D eigenvalue weighted by Gasteiger charge is -2.00. The fourth-order valence-electron chi connectivity index (χ4n) is 1.07. The molecule has 0 aliphatic carbocycles. The Kier molecular flexibility index (Phi) is 2.93. The lowest BCUT2D eigenvalue weighted by atomic mass is 10.3. The summed E-state index contributed by atoms with van der Waals surface area (Å²) in [5, 5.41) is 0. The zero-order chi connectivity index (χ0) is 8.97. The smallest absolute Gasteiger partial charge is 0.0951 e. The molecule has 0 saturated heterocycles. The van der Waals surface area contributed by atoms with Crippen molar-refractivity contribution in [1.82, 2.24) is 9.55 Å². The molecule has 2 heteroatoms. The maximum Gasteiger partial charge on any atom is 0.0951 e. The number of aryl methyl sites for hydroxylation is 2. The summed E-state index contributed by atoms with van der Waals surface area (Å²) in [5.74, 6) is 5.92. The Balaban J connectivity index is 2.61. The van der Waals surface area contributed by atoms with Crippen LogP contribution >= 0.6 is 0 Å². The Bertz CT molecular complexity index is 312. The molecule has 1 rings (SSSR count). The molecular formula is C10H14N2. The maximum absolute atomic E-state index is 4.21. The maximum atomic E-state index is 4.21. The Morgan fingerprint density at radius 1 is 1.50 bits per heavy atom. The van der Waals surface area contributed by atoms with E-state index in [1.54, 1.807) is 0 Å². The van der Waals surface area contributed by atoms with E-state index in [4.69, 9.17) is 0 Å². The van der Waals surface area contributed by atoms with Gasteiger partial charge in [-0.3, -0.25) is 0 Å². The van der Waals surface area contributed by atoms with E-state index in [1.807, 2.05) is 20.2 Å². The third-order valence-corrected chi connectivity index (χ3v) is 2.00. The molecule has 0 unspecified atom stereocenters. The van der Waals surface area contributed by atoms with E-state index >= 15 is 0 Å². The minimum atomic E-state index is 0.910. The Morgan fingerprint density at radius 3 is 2.75 bits per heavy atom. The van der Waals surface area contributed by atoms with Crippen LogP contribution in [0, 0.1) is 25.7 Å². The molecule has 1 aromatic heterocycles. The van der Waals surface area contributed by atoms with Crippen molar-refractivity contribution in [2.24, 2.45) is 0 Å². The Morgan fingerprint density at radius 2 is 2.25 bits per heavy atom. The van der Waals surface area contributed by atoms with Gasteiger partial charge in [0.25, 0.3) is 0 Å². The quantitative estimate of drug-likeness (QED) is 0.607. The van der Waals surface area contributed by atoms with Crippen LogP contribution in [0.15, 0.2) is 6.33 Å². The summed E-state index contributed by atoms with van der Waals surface area (Å²) in [5.41, 5.74) is 2.35. The summed E-state index contributed by atoms with van der Waals surface area (Å²) in [7, 11) is 0. The van der Waals surface area contributed by atoms with E-state index < -0.39 is 0 Å². The van der Waals surface area contributed by atoms with Crippen LogP contribution in [0.1, 0.15) is 24.7 Å². The molecule has 0 spiro atoms. The van der Waals surface area contributed by atoms with Gasteiger partial charge in [0.15, 0.2) is 0 Å². The van der Waals surface area contributed by atoms with Crippen LogP contribution in [0.2, 0.25) is 0 Å². The van der Waals surface area contributed by atoms with Crippen molar-refractivity contribution in [3.05, 3.63) is 17.7 Å². The molecule has 0 radical (unpaired) electrons. The summed E-state index contributed by atoms with van der Waals surface area (Å²) < 4.78 is 2.14. The van der Waals surface area contributed by atoms with E-state index in [9.17, 15) is 0 Å². The zero-order valence-corrected chi connectivity index (χ0v) is 7.89. The Hall–Kier alpha value is -1.23. The monoisotopic (exact) mass is 162 g/mol. The molecule has 2 nitrogen and oxygen atoms in total. The number of rotatable bonds is 2. The molecule has 0 bridgehead atoms. The molecule has 0 N–H and O–H groups in total. The first kappa shape index (κ1) is 8.86. The SMILES string of the molecule is CC#CCCn1cnc(C)c1C. The van der Waals surface area contributed by atoms with Crippen LogP contribution in [0.5, 0.6) is 0 Å². The minimum absolute atomic E-state index is 0.910. The number of hydrogen-bond donors (Lipinski definition) is 0. The van der Waals surface area contributed by atoms with Gasteiger partial charge in [0.2, 0.25) is 0 Å². The van der Waals surface area contributed by atoms with Crippen molar-refractivity contribution in [2.75, 3.05) is 0 Å². The van der Waals surface area contributed by atoms with Crippen LogP contribution in [-0.4, -0.2) is 9.55 Å². The van der Waals surface area contributed by atoms with E-state index in [0.717, 1.165) is 18.7 Å². The summed E-state index contributed by atoms with van der Waals surface area (Å²) in [6, 6.07) is 0. The van der Waals surface area contributed by atoms with Crippen molar-refractivity contribution in [3.63, 3.8) is 0 Å². The number of aromatic nitrogens is 2. The first-order valence-electron chi connectivity index (χ1n) is 4.13. The molecule has 0 aliphatic heterocycles. The van der Waals surface area contributed by atoms with Gasteiger partial charge >= 0.3 is 0 Å². The van der Waals surface area contributed by atoms with Gasteiger partial charge < -0.3 is 4.57 Å². The van der Waals surface area contributed by atoms with E-state index in [-0.39, 0.29) is 0 Å². The molecule has 1 aromatic rings. The number of nitrogens with zero attached hydrogens (tertiary/aromatic N) is 2. The fourth-order valence-corrected chi connectivity index (χ4v) is 1.07. The topological polar surface area (TPSA) is 17.8 Å². The predicted octanol–water partition coefficient (Wildman–Crippen LogP) is 1.91. The lowest BCUT2D eigenvalue weighted by Crippen LogP contribution is -1.97. The highest BCUT2D eigenvalue weighted by molar-refractivity contribution is 5.08. The van der Waals surface area contributed by atoms with Gasteiger partial charge in [-0.15, -0.1) is 11.8 Å². The van der Waals surface area contributed by atoms with Crippen molar-refractivity contribution < 1.29 is 0 Å². The van der Waals surface area contributed by atoms with Gasteiger partial charge in [-0.25, -0.2) is 4.98 Å². The summed E-state index contributed by atoms with van der Waals surface area (Å²) >= 11 is 0. The normalized spacial score (nSPS) is 9.25. The molecule has 0 atom stereocenters. The number of hydrogen-bond acceptors (Lipinski definition) is 1. The molecule has 0 saturated carbocycles. The summed E-state index contributed by atoms with van der Waals surface area (Å²) in [6.07, 6.45) is 2.79. The first-order chi connectivity index (χ1) is 5.75. The van der Waals surface area contributed by atoms with Gasteiger partial charge in [0.1, 0.15) is 0 Å². The highest BCUT2D eigenvalue weighted by Gasteiger charge is 1.99. The largest absolute Gasteiger partial charge is 0.334 e. The van der Waals surface area contributed by atoms with E-state index in [0.29, 0.717) is 0 Å². The lowest BCUT2D eigenvalue weighted by molar-refractivity contribution is 0.697. The average molecular weight is 162 g/mol. The van der Waals surface area contributed by atoms with Crippen LogP contribution in [0.4, 0.5) is 0 Å². The molecule has 12 heavy (non-hydrogen) atoms. The van der Waals surface area contributed by atoms with Crippen LogP contribution < -0.4 is 0 Å². The van der Waals surface area contributed by atoms with Gasteiger partial charge in [0, 0.05) is 18.7 Å². The second kappa shape index (κ2) is 3.96. The second-order valence-electron chi connectivity index (χ2n) is 2.79. The second-order valence-corrected chi connectivity index (χ2v) is 2.79. The van der Waals surface area contributed by atoms with E-state index in [2.05, 4.69) is 28.3 Å². The summed E-state index contributed by atoms with van der Waals surface area (Å²) in [6.45, 7) is 6.93. The molecule has 0 aliphatic rings. The Labute approximate surface area is 73.6 Å². The molecule has 0 amide bonds. The van der Waals surface area contributed by atoms with E-state index in [1.165, 1.54) is 5.69 Å². The highest BCUT2D eigenvalue weighted by atomic mass is 15.0. The molecular weight excluding hydrogens is 148 g/mol. The van der Waals surface area contributed by atoms with Crippen molar-refractivity contribution >= 4 is 0 Å². The third-order valence-electron chi connectivity index (χ3n) is 2.00. The van der Waals surface area contributed by atoms with Gasteiger partial charge in [0.05, 0.1) is 12.0 Å². The van der Waals surface area contributed by atoms with Gasteiger partial charge in [-0.1, -0.05) is 0 Å². The van der Waals surface area contributed by atoms with Crippen molar-refractivity contribution in [3.8, 4) is 11.8 Å². The number of imidazole rings is 1. The highest BCUT2D eigenvalue weighted by Crippen LogP contribution is 2.04. The molecule has 0 aromatic carbocycles. The summed E-state index contributed by atoms with van der Waals surface area (Å²) in [4.78, 5) is 4.21. The predicted molar refractivity (Wildman–Crippen MR) is 49.8 cm³/mol. The van der Waals surface area contributed by atoms with Gasteiger partial charge in [-0.05, 0) is 20.8 Å². The van der Waals surface area contributed by atoms with Crippen LogP contribution in [-0.2, 0) is 6.54 Å². The van der Waals surface area contributed by atoms with Gasteiger partial charge in [-0.2, -0.15) is 0 Å². The van der Waals surface area contributed by atoms with Crippen LogP contribution in [0.3, 0.4) is 0 Å². The first-order valence-corrected chi connectivity index (χ1v) is 4.13. The fraction of sp³-hybridized carbons (Fsp3) is 0.500.